The largest absolute Gasteiger partial charge is 0.381 e. The third-order valence-corrected chi connectivity index (χ3v) is 4.27. The summed E-state index contributed by atoms with van der Waals surface area (Å²) in [5.41, 5.74) is 6.64. The second-order valence-corrected chi connectivity index (χ2v) is 6.38. The maximum Gasteiger partial charge on any atom is 0.283 e. The van der Waals surface area contributed by atoms with Crippen molar-refractivity contribution >= 4 is 21.6 Å². The Labute approximate surface area is 127 Å². The van der Waals surface area contributed by atoms with Crippen molar-refractivity contribution in [2.75, 3.05) is 32.5 Å². The van der Waals surface area contributed by atoms with Gasteiger partial charge in [-0.15, -0.1) is 0 Å². The van der Waals surface area contributed by atoms with Crippen molar-refractivity contribution in [3.05, 3.63) is 21.0 Å². The highest BCUT2D eigenvalue weighted by atomic mass is 79.9. The van der Waals surface area contributed by atoms with E-state index < -0.39 is 0 Å². The van der Waals surface area contributed by atoms with E-state index in [4.69, 9.17) is 5.73 Å². The van der Waals surface area contributed by atoms with Crippen LogP contribution in [0.2, 0.25) is 0 Å². The van der Waals surface area contributed by atoms with Crippen LogP contribution in [0.4, 0.5) is 5.69 Å². The van der Waals surface area contributed by atoms with Gasteiger partial charge in [0.25, 0.3) is 5.56 Å². The first-order chi connectivity index (χ1) is 9.49. The standard InChI is InChI=1S/C13H22BrN5O/c1-18(2)5-6-19-13(20)12(14)11(8-17-19)16-7-10(15)9-3-4-9/h8-10,16H,3-7,15H2,1-2H3. The molecule has 1 aromatic heterocycles. The number of rotatable bonds is 7. The van der Waals surface area contributed by atoms with Crippen molar-refractivity contribution in [3.8, 4) is 0 Å². The average molecular weight is 344 g/mol. The highest BCUT2D eigenvalue weighted by Crippen LogP contribution is 2.31. The summed E-state index contributed by atoms with van der Waals surface area (Å²) in [6.45, 7) is 2.02. The third kappa shape index (κ3) is 4.04. The molecule has 0 saturated heterocycles. The lowest BCUT2D eigenvalue weighted by molar-refractivity contribution is 0.367. The Morgan fingerprint density at radius 3 is 2.90 bits per heavy atom. The zero-order chi connectivity index (χ0) is 14.7. The quantitative estimate of drug-likeness (QED) is 0.762. The second kappa shape index (κ2) is 6.69. The Bertz CT molecular complexity index is 512. The molecule has 1 heterocycles. The molecule has 3 N–H and O–H groups in total. The molecular weight excluding hydrogens is 322 g/mol. The molecule has 1 saturated carbocycles. The van der Waals surface area contributed by atoms with Gasteiger partial charge in [-0.05, 0) is 48.8 Å². The molecule has 1 atom stereocenters. The SMILES string of the molecule is CN(C)CCn1ncc(NCC(N)C2CC2)c(Br)c1=O. The van der Waals surface area contributed by atoms with Crippen LogP contribution in [0.5, 0.6) is 0 Å². The van der Waals surface area contributed by atoms with E-state index >= 15 is 0 Å². The molecule has 0 aromatic carbocycles. The molecule has 1 unspecified atom stereocenters. The fourth-order valence-electron chi connectivity index (χ4n) is 1.96. The van der Waals surface area contributed by atoms with Gasteiger partial charge in [0.05, 0.1) is 18.4 Å². The zero-order valence-electron chi connectivity index (χ0n) is 12.0. The summed E-state index contributed by atoms with van der Waals surface area (Å²) in [5.74, 6) is 0.634. The number of nitrogens with one attached hydrogen (secondary N) is 1. The minimum Gasteiger partial charge on any atom is -0.381 e. The van der Waals surface area contributed by atoms with Gasteiger partial charge < -0.3 is 16.0 Å². The predicted octanol–water partition coefficient (Wildman–Crippen LogP) is 0.717. The molecular formula is C13H22BrN5O. The van der Waals surface area contributed by atoms with Crippen molar-refractivity contribution in [2.45, 2.75) is 25.4 Å². The van der Waals surface area contributed by atoms with Crippen LogP contribution >= 0.6 is 15.9 Å². The van der Waals surface area contributed by atoms with Gasteiger partial charge >= 0.3 is 0 Å². The summed E-state index contributed by atoms with van der Waals surface area (Å²) >= 11 is 3.35. The van der Waals surface area contributed by atoms with Crippen molar-refractivity contribution < 1.29 is 0 Å². The Morgan fingerprint density at radius 2 is 2.30 bits per heavy atom. The van der Waals surface area contributed by atoms with Crippen molar-refractivity contribution in [1.82, 2.24) is 14.7 Å². The number of nitrogens with two attached hydrogens (primary N) is 1. The average Bonchev–Trinajstić information content (AvgIpc) is 3.23. The van der Waals surface area contributed by atoms with Crippen LogP contribution in [0, 0.1) is 5.92 Å². The number of aromatic nitrogens is 2. The van der Waals surface area contributed by atoms with Gasteiger partial charge in [-0.2, -0.15) is 5.10 Å². The monoisotopic (exact) mass is 343 g/mol. The molecule has 0 radical (unpaired) electrons. The predicted molar refractivity (Wildman–Crippen MR) is 83.9 cm³/mol. The Balaban J connectivity index is 1.99. The third-order valence-electron chi connectivity index (χ3n) is 3.50. The normalized spacial score (nSPS) is 16.4. The lowest BCUT2D eigenvalue weighted by Gasteiger charge is -2.15. The fourth-order valence-corrected chi connectivity index (χ4v) is 2.41. The van der Waals surface area contributed by atoms with Gasteiger partial charge in [-0.3, -0.25) is 4.79 Å². The molecule has 1 aliphatic rings. The number of halogens is 1. The van der Waals surface area contributed by atoms with Crippen LogP contribution in [0.25, 0.3) is 0 Å². The van der Waals surface area contributed by atoms with Crippen LogP contribution < -0.4 is 16.6 Å². The number of nitrogens with zero attached hydrogens (tertiary/aromatic N) is 3. The number of anilines is 1. The van der Waals surface area contributed by atoms with Crippen LogP contribution in [0.3, 0.4) is 0 Å². The van der Waals surface area contributed by atoms with E-state index in [0.29, 0.717) is 29.2 Å². The van der Waals surface area contributed by atoms with Crippen LogP contribution in [-0.4, -0.2) is 47.9 Å². The minimum atomic E-state index is -0.114. The molecule has 0 spiro atoms. The summed E-state index contributed by atoms with van der Waals surface area (Å²) in [6, 6.07) is 0.151. The molecule has 1 aromatic rings. The van der Waals surface area contributed by atoms with Gasteiger partial charge in [0.15, 0.2) is 0 Å². The van der Waals surface area contributed by atoms with Crippen molar-refractivity contribution in [1.29, 1.82) is 0 Å². The summed E-state index contributed by atoms with van der Waals surface area (Å²) in [6.07, 6.45) is 4.11. The summed E-state index contributed by atoms with van der Waals surface area (Å²) < 4.78 is 1.99. The van der Waals surface area contributed by atoms with E-state index in [2.05, 4.69) is 26.3 Å². The zero-order valence-corrected chi connectivity index (χ0v) is 13.6. The number of likely N-dealkylation sites (N-methyl/N-ethyl adjacent to an activating group) is 1. The van der Waals surface area contributed by atoms with Gasteiger partial charge in [0.1, 0.15) is 4.47 Å². The Kier molecular flexibility index (Phi) is 5.17. The van der Waals surface area contributed by atoms with E-state index in [1.165, 1.54) is 17.5 Å². The molecule has 6 nitrogen and oxygen atoms in total. The van der Waals surface area contributed by atoms with Crippen LogP contribution in [0.15, 0.2) is 15.5 Å². The lowest BCUT2D eigenvalue weighted by Crippen LogP contribution is -2.33. The highest BCUT2D eigenvalue weighted by molar-refractivity contribution is 9.10. The molecule has 20 heavy (non-hydrogen) atoms. The summed E-state index contributed by atoms with van der Waals surface area (Å²) in [7, 11) is 3.94. The Hall–Kier alpha value is -0.920. The molecule has 7 heteroatoms. The van der Waals surface area contributed by atoms with Crippen molar-refractivity contribution in [3.63, 3.8) is 0 Å². The summed E-state index contributed by atoms with van der Waals surface area (Å²) in [5, 5.41) is 7.40. The van der Waals surface area contributed by atoms with E-state index in [0.717, 1.165) is 6.54 Å². The number of hydrogen-bond donors (Lipinski definition) is 2. The second-order valence-electron chi connectivity index (χ2n) is 5.59. The van der Waals surface area contributed by atoms with Gasteiger partial charge in [0.2, 0.25) is 0 Å². The van der Waals surface area contributed by atoms with Gasteiger partial charge in [-0.25, -0.2) is 4.68 Å². The van der Waals surface area contributed by atoms with Crippen LogP contribution in [0.1, 0.15) is 12.8 Å². The summed E-state index contributed by atoms with van der Waals surface area (Å²) in [4.78, 5) is 14.2. The first-order valence-electron chi connectivity index (χ1n) is 6.89. The van der Waals surface area contributed by atoms with E-state index in [9.17, 15) is 4.79 Å². The first kappa shape index (κ1) is 15.5. The topological polar surface area (TPSA) is 76.2 Å². The Morgan fingerprint density at radius 1 is 1.60 bits per heavy atom. The molecule has 2 rings (SSSR count). The molecule has 0 aliphatic heterocycles. The van der Waals surface area contributed by atoms with Crippen LogP contribution in [-0.2, 0) is 6.54 Å². The minimum absolute atomic E-state index is 0.114. The lowest BCUT2D eigenvalue weighted by atomic mass is 10.2. The number of hydrogen-bond acceptors (Lipinski definition) is 5. The van der Waals surface area contributed by atoms with E-state index in [-0.39, 0.29) is 11.6 Å². The molecule has 0 bridgehead atoms. The highest BCUT2D eigenvalue weighted by Gasteiger charge is 2.28. The molecule has 0 amide bonds. The molecule has 1 fully saturated rings. The first-order valence-corrected chi connectivity index (χ1v) is 7.68. The van der Waals surface area contributed by atoms with Crippen molar-refractivity contribution in [2.24, 2.45) is 11.7 Å². The molecule has 112 valence electrons. The molecule has 1 aliphatic carbocycles. The maximum atomic E-state index is 12.2. The fraction of sp³-hybridized carbons (Fsp3) is 0.692. The van der Waals surface area contributed by atoms with Gasteiger partial charge in [-0.1, -0.05) is 0 Å². The van der Waals surface area contributed by atoms with E-state index in [1.54, 1.807) is 6.20 Å². The van der Waals surface area contributed by atoms with E-state index in [1.807, 2.05) is 19.0 Å². The maximum absolute atomic E-state index is 12.2. The van der Waals surface area contributed by atoms with Gasteiger partial charge in [0, 0.05) is 19.1 Å². The smallest absolute Gasteiger partial charge is 0.283 e.